The van der Waals surface area contributed by atoms with Gasteiger partial charge in [0.1, 0.15) is 11.3 Å². The van der Waals surface area contributed by atoms with Gasteiger partial charge in [-0.25, -0.2) is 4.79 Å². The van der Waals surface area contributed by atoms with Gasteiger partial charge in [0, 0.05) is 0 Å². The number of nitrogens with one attached hydrogen (secondary N) is 1. The summed E-state index contributed by atoms with van der Waals surface area (Å²) < 4.78 is 5.53. The monoisotopic (exact) mass is 343 g/mol. The molecule has 22 heavy (non-hydrogen) atoms. The number of benzene rings is 1. The van der Waals surface area contributed by atoms with E-state index in [1.807, 2.05) is 0 Å². The minimum Gasteiger partial charge on any atom is -0.480 e. The smallest absolute Gasteiger partial charge is 0.329 e. The number of carbonyl (C=O) groups is 2. The molecule has 1 heterocycles. The van der Waals surface area contributed by atoms with Crippen molar-refractivity contribution >= 4 is 35.2 Å². The molecular formula is C15H18ClNO4S. The highest BCUT2D eigenvalue weighted by atomic mass is 35.5. The fourth-order valence-corrected chi connectivity index (χ4v) is 3.60. The molecule has 2 N–H and O–H groups in total. The summed E-state index contributed by atoms with van der Waals surface area (Å²) in [5.41, 5.74) is -1.19. The number of ether oxygens (including phenoxy) is 1. The number of hydrogen-bond acceptors (Lipinski definition) is 4. The van der Waals surface area contributed by atoms with Crippen molar-refractivity contribution in [2.45, 2.75) is 31.4 Å². The molecule has 0 aliphatic carbocycles. The predicted octanol–water partition coefficient (Wildman–Crippen LogP) is 2.57. The van der Waals surface area contributed by atoms with E-state index in [1.54, 1.807) is 43.0 Å². The number of aliphatic carboxylic acids is 1. The first-order chi connectivity index (χ1) is 10.4. The lowest BCUT2D eigenvalue weighted by Gasteiger charge is -2.34. The number of halogens is 1. The number of carboxylic acid groups (broad SMARTS) is 1. The van der Waals surface area contributed by atoms with Crippen LogP contribution in [-0.2, 0) is 9.59 Å². The van der Waals surface area contributed by atoms with Crippen LogP contribution >= 0.6 is 23.4 Å². The van der Waals surface area contributed by atoms with Crippen molar-refractivity contribution in [2.75, 3.05) is 11.5 Å². The Hall–Kier alpha value is -1.40. The van der Waals surface area contributed by atoms with Crippen LogP contribution in [0.1, 0.15) is 19.8 Å². The van der Waals surface area contributed by atoms with Crippen LogP contribution in [-0.4, -0.2) is 40.1 Å². The van der Waals surface area contributed by atoms with E-state index >= 15 is 0 Å². The van der Waals surface area contributed by atoms with Crippen molar-refractivity contribution in [3.8, 4) is 5.75 Å². The summed E-state index contributed by atoms with van der Waals surface area (Å²) in [4.78, 5) is 23.8. The number of carbonyl (C=O) groups excluding carboxylic acids is 1. The van der Waals surface area contributed by atoms with E-state index in [-0.39, 0.29) is 0 Å². The van der Waals surface area contributed by atoms with Crippen LogP contribution in [0, 0.1) is 0 Å². The number of rotatable bonds is 5. The highest BCUT2D eigenvalue weighted by Crippen LogP contribution is 2.28. The van der Waals surface area contributed by atoms with E-state index in [1.165, 1.54) is 0 Å². The second kappa shape index (κ2) is 7.24. The van der Waals surface area contributed by atoms with Crippen LogP contribution in [0.4, 0.5) is 0 Å². The zero-order valence-electron chi connectivity index (χ0n) is 12.2. The van der Waals surface area contributed by atoms with Crippen molar-refractivity contribution in [3.05, 3.63) is 29.3 Å². The quantitative estimate of drug-likeness (QED) is 0.859. The Morgan fingerprint density at radius 1 is 1.36 bits per heavy atom. The third-order valence-corrected chi connectivity index (χ3v) is 4.93. The first kappa shape index (κ1) is 17.0. The summed E-state index contributed by atoms with van der Waals surface area (Å²) in [6, 6.07) is 6.84. The van der Waals surface area contributed by atoms with Crippen LogP contribution in [0.2, 0.25) is 5.02 Å². The molecule has 1 aromatic rings. The first-order valence-electron chi connectivity index (χ1n) is 6.99. The van der Waals surface area contributed by atoms with Crippen molar-refractivity contribution in [3.63, 3.8) is 0 Å². The van der Waals surface area contributed by atoms with Gasteiger partial charge in [-0.05, 0) is 43.4 Å². The maximum absolute atomic E-state index is 12.3. The molecule has 1 fully saturated rings. The third-order valence-electron chi connectivity index (χ3n) is 3.63. The highest BCUT2D eigenvalue weighted by molar-refractivity contribution is 7.99. The Bertz CT molecular complexity index is 560. The molecule has 0 spiro atoms. The van der Waals surface area contributed by atoms with Gasteiger partial charge in [0.05, 0.1) is 5.02 Å². The van der Waals surface area contributed by atoms with Gasteiger partial charge < -0.3 is 15.2 Å². The van der Waals surface area contributed by atoms with E-state index in [0.717, 1.165) is 0 Å². The largest absolute Gasteiger partial charge is 0.480 e. The first-order valence-corrected chi connectivity index (χ1v) is 8.52. The van der Waals surface area contributed by atoms with E-state index in [2.05, 4.69) is 5.32 Å². The SMILES string of the molecule is CC(Oc1ccccc1Cl)C(=O)NC1(C(=O)O)CCSCC1. The summed E-state index contributed by atoms with van der Waals surface area (Å²) in [6.07, 6.45) is 0.000427. The Morgan fingerprint density at radius 3 is 2.59 bits per heavy atom. The van der Waals surface area contributed by atoms with Crippen molar-refractivity contribution < 1.29 is 19.4 Å². The normalized spacial score (nSPS) is 18.3. The van der Waals surface area contributed by atoms with Gasteiger partial charge >= 0.3 is 5.97 Å². The zero-order chi connectivity index (χ0) is 16.2. The summed E-state index contributed by atoms with van der Waals surface area (Å²) in [5, 5.41) is 12.5. The minimum atomic E-state index is -1.19. The Kier molecular flexibility index (Phi) is 5.58. The van der Waals surface area contributed by atoms with Gasteiger partial charge in [-0.1, -0.05) is 23.7 Å². The average Bonchev–Trinajstić information content (AvgIpc) is 2.50. The molecule has 120 valence electrons. The maximum atomic E-state index is 12.3. The lowest BCUT2D eigenvalue weighted by atomic mass is 9.92. The molecule has 1 aliphatic heterocycles. The average molecular weight is 344 g/mol. The van der Waals surface area contributed by atoms with Gasteiger partial charge in [-0.2, -0.15) is 11.8 Å². The summed E-state index contributed by atoms with van der Waals surface area (Å²) in [6.45, 7) is 1.58. The molecule has 5 nitrogen and oxygen atoms in total. The topological polar surface area (TPSA) is 75.6 Å². The molecule has 1 unspecified atom stereocenters. The maximum Gasteiger partial charge on any atom is 0.329 e. The molecule has 0 radical (unpaired) electrons. The van der Waals surface area contributed by atoms with E-state index in [4.69, 9.17) is 16.3 Å². The van der Waals surface area contributed by atoms with Gasteiger partial charge in [0.2, 0.25) is 0 Å². The summed E-state index contributed by atoms with van der Waals surface area (Å²) in [7, 11) is 0. The Balaban J connectivity index is 2.04. The molecule has 0 saturated carbocycles. The van der Waals surface area contributed by atoms with Gasteiger partial charge in [0.25, 0.3) is 5.91 Å². The number of thioether (sulfide) groups is 1. The van der Waals surface area contributed by atoms with Crippen molar-refractivity contribution in [2.24, 2.45) is 0 Å². The van der Waals surface area contributed by atoms with Crippen LogP contribution in [0.3, 0.4) is 0 Å². The summed E-state index contributed by atoms with van der Waals surface area (Å²) in [5.74, 6) is 0.384. The third kappa shape index (κ3) is 3.87. The van der Waals surface area contributed by atoms with Crippen molar-refractivity contribution in [1.29, 1.82) is 0 Å². The van der Waals surface area contributed by atoms with Gasteiger partial charge in [-0.15, -0.1) is 0 Å². The van der Waals surface area contributed by atoms with E-state index in [9.17, 15) is 14.7 Å². The standard InChI is InChI=1S/C15H18ClNO4S/c1-10(21-12-5-3-2-4-11(12)16)13(18)17-15(14(19)20)6-8-22-9-7-15/h2-5,10H,6-9H2,1H3,(H,17,18)(H,19,20). The molecule has 7 heteroatoms. The Labute approximate surface area is 138 Å². The fraction of sp³-hybridized carbons (Fsp3) is 0.467. The second-order valence-corrected chi connectivity index (χ2v) is 6.81. The lowest BCUT2D eigenvalue weighted by Crippen LogP contribution is -2.58. The number of hydrogen-bond donors (Lipinski definition) is 2. The molecule has 0 bridgehead atoms. The Morgan fingerprint density at radius 2 is 2.00 bits per heavy atom. The van der Waals surface area contributed by atoms with Crippen molar-refractivity contribution in [1.82, 2.24) is 5.32 Å². The van der Waals surface area contributed by atoms with Crippen LogP contribution in [0.15, 0.2) is 24.3 Å². The van der Waals surface area contributed by atoms with Gasteiger partial charge in [0.15, 0.2) is 6.10 Å². The minimum absolute atomic E-state index is 0.399. The van der Waals surface area contributed by atoms with Gasteiger partial charge in [-0.3, -0.25) is 4.79 Å². The summed E-state index contributed by atoms with van der Waals surface area (Å²) >= 11 is 7.68. The molecule has 1 saturated heterocycles. The molecule has 0 aromatic heterocycles. The number of carboxylic acids is 1. The van der Waals surface area contributed by atoms with Crippen LogP contribution < -0.4 is 10.1 Å². The van der Waals surface area contributed by atoms with Crippen LogP contribution in [0.25, 0.3) is 0 Å². The molecule has 1 aliphatic rings. The molecule has 1 atom stereocenters. The molecular weight excluding hydrogens is 326 g/mol. The van der Waals surface area contributed by atoms with E-state index in [0.29, 0.717) is 35.1 Å². The predicted molar refractivity (Wildman–Crippen MR) is 86.6 cm³/mol. The lowest BCUT2D eigenvalue weighted by molar-refractivity contribution is -0.149. The molecule has 1 amide bonds. The highest BCUT2D eigenvalue weighted by Gasteiger charge is 2.42. The zero-order valence-corrected chi connectivity index (χ0v) is 13.7. The van der Waals surface area contributed by atoms with Crippen LogP contribution in [0.5, 0.6) is 5.75 Å². The molecule has 2 rings (SSSR count). The fourth-order valence-electron chi connectivity index (χ4n) is 2.23. The second-order valence-electron chi connectivity index (χ2n) is 5.18. The number of para-hydroxylation sites is 1. The molecule has 1 aromatic carbocycles. The van der Waals surface area contributed by atoms with E-state index < -0.39 is 23.5 Å². The number of amides is 1.